The first-order valence-corrected chi connectivity index (χ1v) is 5.08. The summed E-state index contributed by atoms with van der Waals surface area (Å²) in [7, 11) is 0. The molecule has 0 aliphatic carbocycles. The third kappa shape index (κ3) is 3.67. The zero-order valence-electron chi connectivity index (χ0n) is 9.65. The Balaban J connectivity index is 2.59. The fourth-order valence-electron chi connectivity index (χ4n) is 1.20. The zero-order chi connectivity index (χ0) is 12.3. The Morgan fingerprint density at radius 3 is 2.62 bits per heavy atom. The summed E-state index contributed by atoms with van der Waals surface area (Å²) in [6.45, 7) is 5.63. The number of nitrogens with one attached hydrogen (secondary N) is 1. The maximum atomic E-state index is 10.6. The molecule has 1 aromatic rings. The molecule has 0 aromatic carbocycles. The van der Waals surface area contributed by atoms with Gasteiger partial charge in [0.1, 0.15) is 5.76 Å². The third-order valence-electron chi connectivity index (χ3n) is 2.11. The van der Waals surface area contributed by atoms with Crippen LogP contribution in [0.1, 0.15) is 43.1 Å². The largest absolute Gasteiger partial charge is 0.475 e. The van der Waals surface area contributed by atoms with Gasteiger partial charge in [0.05, 0.1) is 11.6 Å². The Morgan fingerprint density at radius 2 is 2.19 bits per heavy atom. The number of furan rings is 1. The molecule has 0 fully saturated rings. The Bertz CT molecular complexity index is 364. The molecule has 1 unspecified atom stereocenters. The fourth-order valence-corrected chi connectivity index (χ4v) is 1.20. The van der Waals surface area contributed by atoms with E-state index < -0.39 is 11.6 Å². The van der Waals surface area contributed by atoms with Crippen LogP contribution in [0.15, 0.2) is 16.5 Å². The number of aliphatic hydroxyl groups is 1. The Kier molecular flexibility index (Phi) is 3.72. The Hall–Kier alpha value is -1.33. The molecule has 0 aliphatic heterocycles. The first-order chi connectivity index (χ1) is 7.29. The average molecular weight is 227 g/mol. The number of aromatic carboxylic acids is 1. The predicted octanol–water partition coefficient (Wildman–Crippen LogP) is 1.40. The molecule has 0 spiro atoms. The Morgan fingerprint density at radius 1 is 1.56 bits per heavy atom. The van der Waals surface area contributed by atoms with E-state index in [1.54, 1.807) is 19.9 Å². The normalized spacial score (nSPS) is 13.8. The van der Waals surface area contributed by atoms with Crippen LogP contribution in [0.4, 0.5) is 0 Å². The van der Waals surface area contributed by atoms with Gasteiger partial charge in [-0.2, -0.15) is 0 Å². The van der Waals surface area contributed by atoms with Crippen molar-refractivity contribution in [2.24, 2.45) is 0 Å². The van der Waals surface area contributed by atoms with Gasteiger partial charge in [0, 0.05) is 6.54 Å². The average Bonchev–Trinajstić information content (AvgIpc) is 2.61. The molecule has 5 heteroatoms. The van der Waals surface area contributed by atoms with E-state index in [1.165, 1.54) is 6.07 Å². The lowest BCUT2D eigenvalue weighted by atomic mass is 10.1. The van der Waals surface area contributed by atoms with Gasteiger partial charge in [0.25, 0.3) is 0 Å². The smallest absolute Gasteiger partial charge is 0.371 e. The summed E-state index contributed by atoms with van der Waals surface area (Å²) in [4.78, 5) is 10.6. The van der Waals surface area contributed by atoms with Crippen LogP contribution >= 0.6 is 0 Å². The highest BCUT2D eigenvalue weighted by Gasteiger charge is 2.17. The molecule has 0 saturated heterocycles. The predicted molar refractivity (Wildman–Crippen MR) is 58.4 cm³/mol. The van der Waals surface area contributed by atoms with Gasteiger partial charge in [-0.25, -0.2) is 4.79 Å². The molecule has 0 aliphatic rings. The molecule has 1 aromatic heterocycles. The van der Waals surface area contributed by atoms with Gasteiger partial charge >= 0.3 is 5.97 Å². The molecule has 90 valence electrons. The van der Waals surface area contributed by atoms with Gasteiger partial charge in [-0.05, 0) is 32.9 Å². The van der Waals surface area contributed by atoms with E-state index >= 15 is 0 Å². The van der Waals surface area contributed by atoms with Gasteiger partial charge in [-0.3, -0.25) is 0 Å². The molecular formula is C11H17NO4. The van der Waals surface area contributed by atoms with Crippen LogP contribution < -0.4 is 5.32 Å². The molecule has 1 rings (SSSR count). The van der Waals surface area contributed by atoms with Crippen LogP contribution in [-0.4, -0.2) is 28.3 Å². The zero-order valence-corrected chi connectivity index (χ0v) is 9.65. The molecule has 0 saturated carbocycles. The van der Waals surface area contributed by atoms with Crippen molar-refractivity contribution in [3.05, 3.63) is 23.7 Å². The second-order valence-electron chi connectivity index (χ2n) is 4.42. The standard InChI is InChI=1S/C11H17NO4/c1-7(12-6-11(2,3)15)8-4-5-9(16-8)10(13)14/h4-5,7,12,15H,6H2,1-3H3,(H,13,14). The lowest BCUT2D eigenvalue weighted by molar-refractivity contribution is 0.0652. The van der Waals surface area contributed by atoms with E-state index in [4.69, 9.17) is 9.52 Å². The first kappa shape index (κ1) is 12.7. The van der Waals surface area contributed by atoms with E-state index in [1.807, 2.05) is 6.92 Å². The van der Waals surface area contributed by atoms with Crippen LogP contribution in [-0.2, 0) is 0 Å². The van der Waals surface area contributed by atoms with Crippen LogP contribution in [0, 0.1) is 0 Å². The fraction of sp³-hybridized carbons (Fsp3) is 0.545. The Labute approximate surface area is 94.1 Å². The minimum Gasteiger partial charge on any atom is -0.475 e. The minimum atomic E-state index is -1.08. The van der Waals surface area contributed by atoms with Crippen molar-refractivity contribution in [2.75, 3.05) is 6.54 Å². The summed E-state index contributed by atoms with van der Waals surface area (Å²) in [5.41, 5.74) is -0.809. The number of rotatable bonds is 5. The van der Waals surface area contributed by atoms with Crippen molar-refractivity contribution in [2.45, 2.75) is 32.4 Å². The van der Waals surface area contributed by atoms with Crippen LogP contribution in [0.3, 0.4) is 0 Å². The summed E-state index contributed by atoms with van der Waals surface area (Å²) in [5, 5.41) is 21.3. The molecule has 3 N–H and O–H groups in total. The highest BCUT2D eigenvalue weighted by atomic mass is 16.4. The van der Waals surface area contributed by atoms with Crippen LogP contribution in [0.25, 0.3) is 0 Å². The van der Waals surface area contributed by atoms with Crippen molar-refractivity contribution in [1.29, 1.82) is 0 Å². The van der Waals surface area contributed by atoms with E-state index in [0.717, 1.165) is 0 Å². The SMILES string of the molecule is CC(NCC(C)(C)O)c1ccc(C(=O)O)o1. The second-order valence-corrected chi connectivity index (χ2v) is 4.42. The molecular weight excluding hydrogens is 210 g/mol. The van der Waals surface area contributed by atoms with Gasteiger partial charge in [-0.15, -0.1) is 0 Å². The topological polar surface area (TPSA) is 82.7 Å². The van der Waals surface area contributed by atoms with Crippen molar-refractivity contribution < 1.29 is 19.4 Å². The molecule has 5 nitrogen and oxygen atoms in total. The minimum absolute atomic E-state index is 0.0769. The highest BCUT2D eigenvalue weighted by Crippen LogP contribution is 2.16. The number of carbonyl (C=O) groups is 1. The highest BCUT2D eigenvalue weighted by molar-refractivity contribution is 5.84. The lowest BCUT2D eigenvalue weighted by Crippen LogP contribution is -2.35. The number of carboxylic acids is 1. The molecule has 1 heterocycles. The maximum absolute atomic E-state index is 10.6. The molecule has 16 heavy (non-hydrogen) atoms. The van der Waals surface area contributed by atoms with Crippen molar-refractivity contribution in [3.63, 3.8) is 0 Å². The van der Waals surface area contributed by atoms with E-state index in [9.17, 15) is 9.90 Å². The van der Waals surface area contributed by atoms with Gasteiger partial charge in [0.15, 0.2) is 0 Å². The quantitative estimate of drug-likeness (QED) is 0.708. The summed E-state index contributed by atoms with van der Waals surface area (Å²) in [6, 6.07) is 2.89. The first-order valence-electron chi connectivity index (χ1n) is 5.08. The summed E-state index contributed by atoms with van der Waals surface area (Å²) in [5.74, 6) is -0.616. The monoisotopic (exact) mass is 227 g/mol. The summed E-state index contributed by atoms with van der Waals surface area (Å²) in [6.07, 6.45) is 0. The van der Waals surface area contributed by atoms with Gasteiger partial charge in [-0.1, -0.05) is 0 Å². The van der Waals surface area contributed by atoms with Crippen LogP contribution in [0.2, 0.25) is 0 Å². The van der Waals surface area contributed by atoms with Crippen LogP contribution in [0.5, 0.6) is 0 Å². The molecule has 1 atom stereocenters. The number of carboxylic acid groups (broad SMARTS) is 1. The maximum Gasteiger partial charge on any atom is 0.371 e. The number of hydrogen-bond donors (Lipinski definition) is 3. The van der Waals surface area contributed by atoms with Crippen molar-refractivity contribution in [1.82, 2.24) is 5.32 Å². The van der Waals surface area contributed by atoms with Crippen molar-refractivity contribution in [3.8, 4) is 0 Å². The van der Waals surface area contributed by atoms with E-state index in [2.05, 4.69) is 5.32 Å². The number of hydrogen-bond acceptors (Lipinski definition) is 4. The van der Waals surface area contributed by atoms with E-state index in [0.29, 0.717) is 12.3 Å². The molecule has 0 radical (unpaired) electrons. The van der Waals surface area contributed by atoms with Gasteiger partial charge < -0.3 is 19.9 Å². The van der Waals surface area contributed by atoms with Crippen molar-refractivity contribution >= 4 is 5.97 Å². The van der Waals surface area contributed by atoms with Gasteiger partial charge in [0.2, 0.25) is 5.76 Å². The second kappa shape index (κ2) is 4.67. The molecule has 0 amide bonds. The lowest BCUT2D eigenvalue weighted by Gasteiger charge is -2.20. The third-order valence-corrected chi connectivity index (χ3v) is 2.11. The molecule has 0 bridgehead atoms. The van der Waals surface area contributed by atoms with E-state index in [-0.39, 0.29) is 11.8 Å². The summed E-state index contributed by atoms with van der Waals surface area (Å²) >= 11 is 0. The summed E-state index contributed by atoms with van der Waals surface area (Å²) < 4.78 is 5.13.